The molecule has 0 saturated carbocycles. The Hall–Kier alpha value is -1.61. The molecule has 7 nitrogen and oxygen atoms in total. The average Bonchev–Trinajstić information content (AvgIpc) is 2.98. The van der Waals surface area contributed by atoms with Gasteiger partial charge in [0.25, 0.3) is 0 Å². The molecule has 0 aliphatic carbocycles. The zero-order chi connectivity index (χ0) is 18.0. The fourth-order valence-electron chi connectivity index (χ4n) is 3.39. The summed E-state index contributed by atoms with van der Waals surface area (Å²) in [6, 6.07) is 6.33. The number of hydrogen-bond donors (Lipinski definition) is 3. The van der Waals surface area contributed by atoms with Gasteiger partial charge >= 0.3 is 6.03 Å². The largest absolute Gasteiger partial charge is 0.332 e. The van der Waals surface area contributed by atoms with Crippen LogP contribution in [-0.4, -0.2) is 43.4 Å². The van der Waals surface area contributed by atoms with Crippen molar-refractivity contribution in [1.29, 1.82) is 0 Å². The Morgan fingerprint density at radius 3 is 2.64 bits per heavy atom. The molecule has 2 heterocycles. The van der Waals surface area contributed by atoms with Gasteiger partial charge < -0.3 is 16.0 Å². The van der Waals surface area contributed by atoms with Crippen LogP contribution in [0.1, 0.15) is 25.7 Å². The van der Waals surface area contributed by atoms with Crippen LogP contribution in [0.3, 0.4) is 0 Å². The first-order valence-electron chi connectivity index (χ1n) is 8.19. The maximum absolute atomic E-state index is 12.2. The number of amides is 3. The fraction of sp³-hybridized carbons (Fsp3) is 0.500. The number of rotatable bonds is 6. The highest BCUT2D eigenvalue weighted by Crippen LogP contribution is 2.28. The maximum atomic E-state index is 12.2. The minimum Gasteiger partial charge on any atom is -0.332 e. The lowest BCUT2D eigenvalue weighted by atomic mass is 10.0. The molecule has 3 rings (SSSR count). The van der Waals surface area contributed by atoms with E-state index in [4.69, 9.17) is 0 Å². The first-order valence-corrected chi connectivity index (χ1v) is 10.7. The van der Waals surface area contributed by atoms with Crippen LogP contribution in [0.2, 0.25) is 0 Å². The molecular formula is C16H20BrN3O4S. The molecule has 136 valence electrons. The summed E-state index contributed by atoms with van der Waals surface area (Å²) >= 11 is 3.33. The zero-order valence-corrected chi connectivity index (χ0v) is 15.9. The van der Waals surface area contributed by atoms with E-state index in [-0.39, 0.29) is 29.8 Å². The Morgan fingerprint density at radius 2 is 1.92 bits per heavy atom. The topological polar surface area (TPSA) is 104 Å². The minimum atomic E-state index is -3.21. The summed E-state index contributed by atoms with van der Waals surface area (Å²) in [5.41, 5.74) is 0.731. The van der Waals surface area contributed by atoms with Crippen LogP contribution < -0.4 is 16.0 Å². The van der Waals surface area contributed by atoms with E-state index in [1.54, 1.807) is 0 Å². The van der Waals surface area contributed by atoms with Crippen molar-refractivity contribution >= 4 is 43.4 Å². The normalized spacial score (nSPS) is 26.6. The van der Waals surface area contributed by atoms with Gasteiger partial charge in [-0.3, -0.25) is 4.79 Å². The van der Waals surface area contributed by atoms with Gasteiger partial charge in [0.1, 0.15) is 0 Å². The molecule has 0 spiro atoms. The van der Waals surface area contributed by atoms with Gasteiger partial charge in [-0.05, 0) is 37.1 Å². The van der Waals surface area contributed by atoms with Crippen LogP contribution >= 0.6 is 15.9 Å². The van der Waals surface area contributed by atoms with E-state index in [9.17, 15) is 18.0 Å². The zero-order valence-electron chi connectivity index (χ0n) is 13.5. The molecule has 0 aromatic heterocycles. The number of halogens is 1. The first-order chi connectivity index (χ1) is 11.8. The SMILES string of the molecule is O=C(CCCC[C@@H]1[C@@H]2NC(=O)N[C@H]2CS1(=O)=O)Nc1ccc(Br)cc1. The summed E-state index contributed by atoms with van der Waals surface area (Å²) < 4.78 is 25.3. The third-order valence-electron chi connectivity index (χ3n) is 4.59. The van der Waals surface area contributed by atoms with Gasteiger partial charge in [0.2, 0.25) is 5.91 Å². The second-order valence-corrected chi connectivity index (χ2v) is 9.60. The van der Waals surface area contributed by atoms with Gasteiger partial charge in [0.15, 0.2) is 9.84 Å². The number of carbonyl (C=O) groups is 2. The van der Waals surface area contributed by atoms with E-state index >= 15 is 0 Å². The monoisotopic (exact) mass is 429 g/mol. The molecule has 2 saturated heterocycles. The van der Waals surface area contributed by atoms with Crippen molar-refractivity contribution in [2.24, 2.45) is 0 Å². The second-order valence-electron chi connectivity index (χ2n) is 6.42. The summed E-state index contributed by atoms with van der Waals surface area (Å²) in [6.07, 6.45) is 2.02. The van der Waals surface area contributed by atoms with Gasteiger partial charge in [0, 0.05) is 16.6 Å². The van der Waals surface area contributed by atoms with Gasteiger partial charge in [-0.25, -0.2) is 13.2 Å². The summed E-state index contributed by atoms with van der Waals surface area (Å²) in [5, 5.41) is 7.59. The lowest BCUT2D eigenvalue weighted by Crippen LogP contribution is -2.39. The molecule has 0 radical (unpaired) electrons. The number of carbonyl (C=O) groups excluding carboxylic acids is 2. The van der Waals surface area contributed by atoms with Crippen LogP contribution in [0.25, 0.3) is 0 Å². The van der Waals surface area contributed by atoms with Crippen molar-refractivity contribution in [3.8, 4) is 0 Å². The highest BCUT2D eigenvalue weighted by molar-refractivity contribution is 9.10. The molecule has 9 heteroatoms. The maximum Gasteiger partial charge on any atom is 0.315 e. The Labute approximate surface area is 155 Å². The standard InChI is InChI=1S/C16H20BrN3O4S/c17-10-5-7-11(8-6-10)18-14(21)4-2-1-3-13-15-12(9-25(13,23)24)19-16(22)20-15/h5-8,12-13,15H,1-4,9H2,(H,18,21)(H2,19,20,22)/t12-,13+,15+/m0/s1. The number of nitrogens with one attached hydrogen (secondary N) is 3. The molecule has 1 aromatic carbocycles. The van der Waals surface area contributed by atoms with Crippen molar-refractivity contribution in [2.45, 2.75) is 43.0 Å². The van der Waals surface area contributed by atoms with Crippen LogP contribution in [0.4, 0.5) is 10.5 Å². The summed E-state index contributed by atoms with van der Waals surface area (Å²) in [4.78, 5) is 23.3. The second kappa shape index (κ2) is 7.33. The van der Waals surface area contributed by atoms with E-state index in [0.29, 0.717) is 25.7 Å². The molecule has 2 fully saturated rings. The lowest BCUT2D eigenvalue weighted by molar-refractivity contribution is -0.116. The van der Waals surface area contributed by atoms with E-state index < -0.39 is 15.1 Å². The molecule has 3 amide bonds. The third kappa shape index (κ3) is 4.33. The number of sulfone groups is 1. The molecule has 0 bridgehead atoms. The Morgan fingerprint density at radius 1 is 1.20 bits per heavy atom. The fourth-order valence-corrected chi connectivity index (χ4v) is 5.93. The van der Waals surface area contributed by atoms with Gasteiger partial charge in [-0.2, -0.15) is 0 Å². The van der Waals surface area contributed by atoms with Crippen LogP contribution in [-0.2, 0) is 14.6 Å². The molecule has 3 atom stereocenters. The van der Waals surface area contributed by atoms with E-state index in [2.05, 4.69) is 31.9 Å². The van der Waals surface area contributed by atoms with Crippen LogP contribution in [0.15, 0.2) is 28.7 Å². The van der Waals surface area contributed by atoms with Gasteiger partial charge in [0.05, 0.1) is 23.1 Å². The predicted molar refractivity (Wildman–Crippen MR) is 98.1 cm³/mol. The van der Waals surface area contributed by atoms with Crippen molar-refractivity contribution < 1.29 is 18.0 Å². The summed E-state index contributed by atoms with van der Waals surface area (Å²) in [7, 11) is -3.21. The van der Waals surface area contributed by atoms with Crippen LogP contribution in [0, 0.1) is 0 Å². The Balaban J connectivity index is 1.44. The Kier molecular flexibility index (Phi) is 5.33. The third-order valence-corrected chi connectivity index (χ3v) is 7.40. The predicted octanol–water partition coefficient (Wildman–Crippen LogP) is 1.80. The average molecular weight is 430 g/mol. The summed E-state index contributed by atoms with van der Waals surface area (Å²) in [5.74, 6) is -0.101. The quantitative estimate of drug-likeness (QED) is 0.473. The highest BCUT2D eigenvalue weighted by Gasteiger charge is 2.51. The molecule has 25 heavy (non-hydrogen) atoms. The summed E-state index contributed by atoms with van der Waals surface area (Å²) in [6.45, 7) is 0. The molecule has 3 N–H and O–H groups in total. The molecule has 1 aromatic rings. The van der Waals surface area contributed by atoms with E-state index in [1.165, 1.54) is 0 Å². The lowest BCUT2D eigenvalue weighted by Gasteiger charge is -2.16. The number of benzene rings is 1. The van der Waals surface area contributed by atoms with Crippen molar-refractivity contribution in [1.82, 2.24) is 10.6 Å². The number of hydrogen-bond acceptors (Lipinski definition) is 4. The molecular weight excluding hydrogens is 410 g/mol. The number of fused-ring (bicyclic) bond motifs is 1. The van der Waals surface area contributed by atoms with E-state index in [0.717, 1.165) is 10.2 Å². The van der Waals surface area contributed by atoms with Crippen molar-refractivity contribution in [2.75, 3.05) is 11.1 Å². The highest BCUT2D eigenvalue weighted by atomic mass is 79.9. The van der Waals surface area contributed by atoms with E-state index in [1.807, 2.05) is 24.3 Å². The van der Waals surface area contributed by atoms with Gasteiger partial charge in [-0.15, -0.1) is 0 Å². The number of anilines is 1. The number of unbranched alkanes of at least 4 members (excludes halogenated alkanes) is 1. The first kappa shape index (κ1) is 18.2. The van der Waals surface area contributed by atoms with Crippen molar-refractivity contribution in [3.05, 3.63) is 28.7 Å². The molecule has 2 aliphatic rings. The van der Waals surface area contributed by atoms with Crippen molar-refractivity contribution in [3.63, 3.8) is 0 Å². The molecule has 2 aliphatic heterocycles. The van der Waals surface area contributed by atoms with Gasteiger partial charge in [-0.1, -0.05) is 22.4 Å². The number of urea groups is 1. The minimum absolute atomic E-state index is 0.00880. The van der Waals surface area contributed by atoms with Crippen LogP contribution in [0.5, 0.6) is 0 Å². The molecule has 0 unspecified atom stereocenters. The Bertz CT molecular complexity index is 766. The smallest absolute Gasteiger partial charge is 0.315 e.